The van der Waals surface area contributed by atoms with Gasteiger partial charge in [-0.2, -0.15) is 0 Å². The molecule has 0 unspecified atom stereocenters. The molecule has 0 aromatic rings. The molecule has 2 heteroatoms. The Kier molecular flexibility index (Phi) is 2.25. The van der Waals surface area contributed by atoms with E-state index >= 15 is 0 Å². The molecular weight excluding hydrogens is 128 g/mol. The Morgan fingerprint density at radius 1 is 1.60 bits per heavy atom. The second-order valence-corrected chi connectivity index (χ2v) is 2.59. The van der Waals surface area contributed by atoms with Crippen molar-refractivity contribution >= 4 is 0 Å². The molecular formula is C8H12O2. The Balaban J connectivity index is 2.68. The molecule has 2 atom stereocenters. The molecule has 0 saturated carbocycles. The van der Waals surface area contributed by atoms with Gasteiger partial charge in [0.2, 0.25) is 0 Å². The van der Waals surface area contributed by atoms with Crippen LogP contribution in [0, 0.1) is 5.92 Å². The molecule has 10 heavy (non-hydrogen) atoms. The topological polar surface area (TPSA) is 40.5 Å². The summed E-state index contributed by atoms with van der Waals surface area (Å²) in [6.07, 6.45) is 5.05. The minimum absolute atomic E-state index is 0.0167. The molecule has 1 rings (SSSR count). The third-order valence-electron chi connectivity index (χ3n) is 1.80. The van der Waals surface area contributed by atoms with Crippen LogP contribution in [-0.2, 0) is 0 Å². The first-order chi connectivity index (χ1) is 4.75. The van der Waals surface area contributed by atoms with Crippen LogP contribution in [-0.4, -0.2) is 22.9 Å². The molecule has 0 fully saturated rings. The van der Waals surface area contributed by atoms with Crippen molar-refractivity contribution in [3.05, 3.63) is 23.8 Å². The lowest BCUT2D eigenvalue weighted by molar-refractivity contribution is 0.117. The Hall–Kier alpha value is -0.600. The van der Waals surface area contributed by atoms with Gasteiger partial charge >= 0.3 is 0 Å². The number of hydrogen-bond acceptors (Lipinski definition) is 2. The fourth-order valence-corrected chi connectivity index (χ4v) is 1.05. The Labute approximate surface area is 60.5 Å². The highest BCUT2D eigenvalue weighted by Crippen LogP contribution is 2.17. The van der Waals surface area contributed by atoms with E-state index in [1.54, 1.807) is 0 Å². The lowest BCUT2D eigenvalue weighted by Gasteiger charge is -2.20. The third-order valence-corrected chi connectivity index (χ3v) is 1.80. The monoisotopic (exact) mass is 140 g/mol. The van der Waals surface area contributed by atoms with E-state index in [0.29, 0.717) is 0 Å². The highest BCUT2D eigenvalue weighted by atomic mass is 16.3. The van der Waals surface area contributed by atoms with Gasteiger partial charge in [-0.05, 0) is 12.5 Å². The molecule has 2 nitrogen and oxygen atoms in total. The maximum absolute atomic E-state index is 9.36. The fourth-order valence-electron chi connectivity index (χ4n) is 1.05. The first kappa shape index (κ1) is 7.51. The van der Waals surface area contributed by atoms with E-state index in [1.807, 2.05) is 25.2 Å². The van der Waals surface area contributed by atoms with Gasteiger partial charge in [-0.3, -0.25) is 0 Å². The first-order valence-corrected chi connectivity index (χ1v) is 3.39. The maximum atomic E-state index is 9.36. The van der Waals surface area contributed by atoms with Crippen molar-refractivity contribution in [1.82, 2.24) is 0 Å². The van der Waals surface area contributed by atoms with Gasteiger partial charge in [-0.25, -0.2) is 0 Å². The Bertz CT molecular complexity index is 170. The number of rotatable bonds is 1. The zero-order chi connectivity index (χ0) is 7.56. The summed E-state index contributed by atoms with van der Waals surface area (Å²) in [6, 6.07) is 0. The van der Waals surface area contributed by atoms with Crippen molar-refractivity contribution in [3.63, 3.8) is 0 Å². The molecule has 0 aromatic heterocycles. The molecule has 0 radical (unpaired) electrons. The van der Waals surface area contributed by atoms with E-state index in [0.717, 1.165) is 5.57 Å². The van der Waals surface area contributed by atoms with Crippen LogP contribution in [0.4, 0.5) is 0 Å². The lowest BCUT2D eigenvalue weighted by Crippen LogP contribution is -2.24. The van der Waals surface area contributed by atoms with Crippen LogP contribution in [0.25, 0.3) is 0 Å². The van der Waals surface area contributed by atoms with Gasteiger partial charge in [0, 0.05) is 5.92 Å². The van der Waals surface area contributed by atoms with Crippen molar-refractivity contribution in [1.29, 1.82) is 0 Å². The van der Waals surface area contributed by atoms with Gasteiger partial charge < -0.3 is 10.2 Å². The molecule has 0 heterocycles. The van der Waals surface area contributed by atoms with Gasteiger partial charge in [0.25, 0.3) is 0 Å². The summed E-state index contributed by atoms with van der Waals surface area (Å²) in [5, 5.41) is 18.1. The molecule has 1 aliphatic carbocycles. The van der Waals surface area contributed by atoms with Crippen molar-refractivity contribution in [2.24, 2.45) is 5.92 Å². The van der Waals surface area contributed by atoms with E-state index in [-0.39, 0.29) is 12.5 Å². The van der Waals surface area contributed by atoms with Gasteiger partial charge in [0.1, 0.15) is 0 Å². The minimum atomic E-state index is -0.491. The van der Waals surface area contributed by atoms with E-state index in [1.165, 1.54) is 0 Å². The molecule has 0 saturated heterocycles. The predicted octanol–water partition coefficient (Wildman–Crippen LogP) is 0.472. The molecule has 0 spiro atoms. The summed E-state index contributed by atoms with van der Waals surface area (Å²) in [6.45, 7) is 1.87. The number of hydrogen-bond donors (Lipinski definition) is 2. The van der Waals surface area contributed by atoms with Crippen LogP contribution >= 0.6 is 0 Å². The van der Waals surface area contributed by atoms with Crippen molar-refractivity contribution in [3.8, 4) is 0 Å². The molecule has 0 amide bonds. The summed E-state index contributed by atoms with van der Waals surface area (Å²) < 4.78 is 0. The molecule has 0 aliphatic heterocycles. The largest absolute Gasteiger partial charge is 0.396 e. The quantitative estimate of drug-likeness (QED) is 0.556. The zero-order valence-electron chi connectivity index (χ0n) is 5.99. The number of allylic oxidation sites excluding steroid dienone is 2. The van der Waals surface area contributed by atoms with E-state index in [2.05, 4.69) is 0 Å². The number of aliphatic hydroxyl groups excluding tert-OH is 2. The molecule has 56 valence electrons. The summed E-state index contributed by atoms with van der Waals surface area (Å²) >= 11 is 0. The molecule has 2 N–H and O–H groups in total. The van der Waals surface area contributed by atoms with Gasteiger partial charge in [-0.15, -0.1) is 0 Å². The number of aliphatic hydroxyl groups is 2. The van der Waals surface area contributed by atoms with E-state index in [4.69, 9.17) is 5.11 Å². The summed E-state index contributed by atoms with van der Waals surface area (Å²) in [7, 11) is 0. The van der Waals surface area contributed by atoms with Crippen molar-refractivity contribution in [2.75, 3.05) is 6.61 Å². The average Bonchev–Trinajstić information content (AvgIpc) is 1.95. The maximum Gasteiger partial charge on any atom is 0.0835 e. The standard InChI is InChI=1S/C8H12O2/c1-6-3-2-4-7(5-9)8(6)10/h2-4,7-10H,5H2,1H3/t7-,8-/m1/s1. The van der Waals surface area contributed by atoms with Gasteiger partial charge in [-0.1, -0.05) is 18.2 Å². The molecule has 0 aromatic carbocycles. The first-order valence-electron chi connectivity index (χ1n) is 3.39. The average molecular weight is 140 g/mol. The zero-order valence-corrected chi connectivity index (χ0v) is 5.99. The minimum Gasteiger partial charge on any atom is -0.396 e. The molecule has 1 aliphatic rings. The highest BCUT2D eigenvalue weighted by molar-refractivity contribution is 5.22. The summed E-state index contributed by atoms with van der Waals surface area (Å²) in [5.74, 6) is -0.106. The lowest BCUT2D eigenvalue weighted by atomic mass is 9.93. The van der Waals surface area contributed by atoms with Gasteiger partial charge in [0.05, 0.1) is 12.7 Å². The second kappa shape index (κ2) is 2.99. The second-order valence-electron chi connectivity index (χ2n) is 2.59. The summed E-state index contributed by atoms with van der Waals surface area (Å²) in [5.41, 5.74) is 0.918. The van der Waals surface area contributed by atoms with Crippen LogP contribution in [0.1, 0.15) is 6.92 Å². The smallest absolute Gasteiger partial charge is 0.0835 e. The van der Waals surface area contributed by atoms with Crippen LogP contribution in [0.3, 0.4) is 0 Å². The van der Waals surface area contributed by atoms with Crippen molar-refractivity contribution in [2.45, 2.75) is 13.0 Å². The fraction of sp³-hybridized carbons (Fsp3) is 0.500. The van der Waals surface area contributed by atoms with Crippen molar-refractivity contribution < 1.29 is 10.2 Å². The van der Waals surface area contributed by atoms with Crippen LogP contribution in [0.2, 0.25) is 0 Å². The molecule has 0 bridgehead atoms. The van der Waals surface area contributed by atoms with E-state index < -0.39 is 6.10 Å². The SMILES string of the molecule is CC1=CC=C[C@H](CO)[C@@H]1O. The Morgan fingerprint density at radius 3 is 2.80 bits per heavy atom. The van der Waals surface area contributed by atoms with Gasteiger partial charge in [0.15, 0.2) is 0 Å². The highest BCUT2D eigenvalue weighted by Gasteiger charge is 2.18. The predicted molar refractivity (Wildman–Crippen MR) is 39.5 cm³/mol. The van der Waals surface area contributed by atoms with Crippen LogP contribution in [0.15, 0.2) is 23.8 Å². The third kappa shape index (κ3) is 1.28. The van der Waals surface area contributed by atoms with E-state index in [9.17, 15) is 5.11 Å². The Morgan fingerprint density at radius 2 is 2.30 bits per heavy atom. The normalized spacial score (nSPS) is 32.1. The van der Waals surface area contributed by atoms with Crippen LogP contribution < -0.4 is 0 Å². The van der Waals surface area contributed by atoms with Crippen LogP contribution in [0.5, 0.6) is 0 Å². The summed E-state index contributed by atoms with van der Waals surface area (Å²) in [4.78, 5) is 0.